The van der Waals surface area contributed by atoms with Crippen LogP contribution in [-0.2, 0) is 22.4 Å². The molecule has 1 aromatic heterocycles. The summed E-state index contributed by atoms with van der Waals surface area (Å²) in [4.78, 5) is 21.8. The van der Waals surface area contributed by atoms with Crippen molar-refractivity contribution < 1.29 is 24.2 Å². The lowest BCUT2D eigenvalue weighted by molar-refractivity contribution is -0.120. The lowest BCUT2D eigenvalue weighted by Crippen LogP contribution is -2.30. The minimum Gasteiger partial charge on any atom is -0.508 e. The Hall–Kier alpha value is -4.14. The van der Waals surface area contributed by atoms with E-state index in [1.165, 1.54) is 25.0 Å². The highest BCUT2D eigenvalue weighted by molar-refractivity contribution is 5.73. The second kappa shape index (κ2) is 16.7. The number of carbonyl (C=O) groups excluding carboxylic acids is 2. The minimum atomic E-state index is 0.00201. The second-order valence-corrected chi connectivity index (χ2v) is 10.1. The van der Waals surface area contributed by atoms with Gasteiger partial charge in [-0.1, -0.05) is 24.3 Å². The van der Waals surface area contributed by atoms with Crippen molar-refractivity contribution in [3.8, 4) is 23.3 Å². The summed E-state index contributed by atoms with van der Waals surface area (Å²) in [6.45, 7) is 10.9. The summed E-state index contributed by atoms with van der Waals surface area (Å²) in [5.41, 5.74) is 2.36. The number of ether oxygens (including phenoxy) is 2. The number of hydrogen-bond acceptors (Lipinski definition) is 7. The molecular formula is C31H42N4O5. The van der Waals surface area contributed by atoms with Crippen molar-refractivity contribution >= 4 is 11.8 Å². The number of carbonyl (C=O) groups is 2. The Balaban J connectivity index is 0.000000319. The third kappa shape index (κ3) is 13.6. The van der Waals surface area contributed by atoms with Crippen molar-refractivity contribution in [1.82, 2.24) is 20.8 Å². The lowest BCUT2D eigenvalue weighted by Gasteiger charge is -2.12. The maximum absolute atomic E-state index is 11.0. The number of aromatic hydroxyl groups is 1. The lowest BCUT2D eigenvalue weighted by atomic mass is 10.1. The number of nitrogens with zero attached hydrogens (tertiary/aromatic N) is 2. The zero-order valence-corrected chi connectivity index (χ0v) is 24.3. The first kappa shape index (κ1) is 32.1. The third-order valence-corrected chi connectivity index (χ3v) is 5.69. The van der Waals surface area contributed by atoms with Gasteiger partial charge in [-0.05, 0) is 88.8 Å². The summed E-state index contributed by atoms with van der Waals surface area (Å²) in [6, 6.07) is 18.8. The number of hydrogen-bond donors (Lipinski definition) is 3. The van der Waals surface area contributed by atoms with Gasteiger partial charge < -0.3 is 25.2 Å². The molecule has 0 saturated carbocycles. The van der Waals surface area contributed by atoms with E-state index >= 15 is 0 Å². The number of amides is 2. The Kier molecular flexibility index (Phi) is 13.4. The second-order valence-electron chi connectivity index (χ2n) is 10.1. The molecule has 0 spiro atoms. The van der Waals surface area contributed by atoms with Crippen molar-refractivity contribution in [2.45, 2.75) is 85.4 Å². The van der Waals surface area contributed by atoms with Crippen molar-refractivity contribution in [3.05, 3.63) is 71.8 Å². The molecular weight excluding hydrogens is 508 g/mol. The molecule has 0 aliphatic rings. The van der Waals surface area contributed by atoms with E-state index in [9.17, 15) is 9.59 Å². The monoisotopic (exact) mass is 550 g/mol. The zero-order chi connectivity index (χ0) is 29.5. The first-order valence-corrected chi connectivity index (χ1v) is 13.6. The summed E-state index contributed by atoms with van der Waals surface area (Å²) >= 11 is 0. The summed E-state index contributed by atoms with van der Waals surface area (Å²) in [7, 11) is 0. The van der Waals surface area contributed by atoms with E-state index in [0.717, 1.165) is 25.7 Å². The number of aromatic nitrogens is 2. The van der Waals surface area contributed by atoms with Gasteiger partial charge in [0, 0.05) is 38.1 Å². The fraction of sp³-hybridized carbons (Fsp3) is 0.419. The smallest absolute Gasteiger partial charge is 0.239 e. The molecule has 0 saturated heterocycles. The van der Waals surface area contributed by atoms with Crippen LogP contribution in [0.1, 0.15) is 65.5 Å². The number of phenolic OH excluding ortho intramolecular Hbond substituents is 1. The molecule has 0 aliphatic heterocycles. The van der Waals surface area contributed by atoms with Gasteiger partial charge >= 0.3 is 0 Å². The SMILES string of the molecule is CC(=O)NC(C)CCc1ccc(O)cc1.CC(=O)NC(C)CCc1ccc(Oc2ccc(OC(C)C)nn2)cc1. The molecule has 216 valence electrons. The highest BCUT2D eigenvalue weighted by atomic mass is 16.5. The fourth-order valence-corrected chi connectivity index (χ4v) is 3.78. The molecule has 9 heteroatoms. The molecule has 9 nitrogen and oxygen atoms in total. The van der Waals surface area contributed by atoms with E-state index in [1.807, 2.05) is 64.1 Å². The number of aryl methyl sites for hydroxylation is 2. The molecule has 3 aromatic rings. The van der Waals surface area contributed by atoms with E-state index in [0.29, 0.717) is 17.5 Å². The molecule has 2 amide bonds. The van der Waals surface area contributed by atoms with Gasteiger partial charge in [0.2, 0.25) is 23.6 Å². The van der Waals surface area contributed by atoms with Crippen LogP contribution in [-0.4, -0.2) is 45.3 Å². The maximum atomic E-state index is 11.0. The van der Waals surface area contributed by atoms with Gasteiger partial charge in [0.25, 0.3) is 0 Å². The predicted molar refractivity (Wildman–Crippen MR) is 156 cm³/mol. The van der Waals surface area contributed by atoms with Crippen LogP contribution in [0.4, 0.5) is 0 Å². The molecule has 3 rings (SSSR count). The largest absolute Gasteiger partial charge is 0.508 e. The van der Waals surface area contributed by atoms with E-state index in [2.05, 4.69) is 20.8 Å². The first-order valence-electron chi connectivity index (χ1n) is 13.6. The number of phenols is 1. The summed E-state index contributed by atoms with van der Waals surface area (Å²) < 4.78 is 11.1. The van der Waals surface area contributed by atoms with Gasteiger partial charge in [-0.25, -0.2) is 0 Å². The van der Waals surface area contributed by atoms with Crippen LogP contribution in [0.5, 0.6) is 23.3 Å². The molecule has 40 heavy (non-hydrogen) atoms. The number of benzene rings is 2. The third-order valence-electron chi connectivity index (χ3n) is 5.69. The topological polar surface area (TPSA) is 123 Å². The molecule has 0 fully saturated rings. The van der Waals surface area contributed by atoms with Gasteiger partial charge in [0.05, 0.1) is 6.10 Å². The van der Waals surface area contributed by atoms with Gasteiger partial charge in [-0.2, -0.15) is 0 Å². The maximum Gasteiger partial charge on any atom is 0.239 e. The average molecular weight is 551 g/mol. The molecule has 0 radical (unpaired) electrons. The number of nitrogens with one attached hydrogen (secondary N) is 2. The molecule has 2 atom stereocenters. The zero-order valence-electron chi connectivity index (χ0n) is 24.3. The Morgan fingerprint density at radius 2 is 1.18 bits per heavy atom. The summed E-state index contributed by atoms with van der Waals surface area (Å²) in [6.07, 6.45) is 3.65. The van der Waals surface area contributed by atoms with Gasteiger partial charge in [-0.15, -0.1) is 10.2 Å². The Morgan fingerprint density at radius 1 is 0.725 bits per heavy atom. The summed E-state index contributed by atoms with van der Waals surface area (Å²) in [5, 5.41) is 22.8. The van der Waals surface area contributed by atoms with Gasteiger partial charge in [0.1, 0.15) is 11.5 Å². The highest BCUT2D eigenvalue weighted by Gasteiger charge is 2.06. The molecule has 0 aliphatic carbocycles. The Morgan fingerprint density at radius 3 is 1.60 bits per heavy atom. The van der Waals surface area contributed by atoms with E-state index in [4.69, 9.17) is 14.6 Å². The predicted octanol–water partition coefficient (Wildman–Crippen LogP) is 5.36. The van der Waals surface area contributed by atoms with Crippen molar-refractivity contribution in [1.29, 1.82) is 0 Å². The van der Waals surface area contributed by atoms with Crippen molar-refractivity contribution in [2.75, 3.05) is 0 Å². The van der Waals surface area contributed by atoms with E-state index in [1.54, 1.807) is 24.3 Å². The average Bonchev–Trinajstić information content (AvgIpc) is 2.88. The minimum absolute atomic E-state index is 0.00201. The molecule has 2 unspecified atom stereocenters. The molecule has 2 aromatic carbocycles. The van der Waals surface area contributed by atoms with Gasteiger partial charge in [0.15, 0.2) is 0 Å². The number of rotatable bonds is 12. The van der Waals surface area contributed by atoms with Crippen LogP contribution in [0, 0.1) is 0 Å². The quantitative estimate of drug-likeness (QED) is 0.277. The van der Waals surface area contributed by atoms with Crippen LogP contribution in [0.25, 0.3) is 0 Å². The van der Waals surface area contributed by atoms with Crippen molar-refractivity contribution in [2.24, 2.45) is 0 Å². The molecule has 1 heterocycles. The van der Waals surface area contributed by atoms with Crippen LogP contribution >= 0.6 is 0 Å². The van der Waals surface area contributed by atoms with E-state index in [-0.39, 0.29) is 35.8 Å². The van der Waals surface area contributed by atoms with Crippen LogP contribution in [0.15, 0.2) is 60.7 Å². The Labute approximate surface area is 237 Å². The van der Waals surface area contributed by atoms with Crippen LogP contribution in [0.2, 0.25) is 0 Å². The van der Waals surface area contributed by atoms with Crippen LogP contribution < -0.4 is 20.1 Å². The van der Waals surface area contributed by atoms with E-state index < -0.39 is 0 Å². The Bertz CT molecular complexity index is 1170. The van der Waals surface area contributed by atoms with Crippen LogP contribution in [0.3, 0.4) is 0 Å². The summed E-state index contributed by atoms with van der Waals surface area (Å²) in [5.74, 6) is 1.89. The molecule has 0 bridgehead atoms. The molecule has 3 N–H and O–H groups in total. The standard InChI is InChI=1S/C19H25N3O3.C12H17NO2/c1-13(2)24-18-11-12-19(22-21-18)25-17-9-7-16(8-10-17)6-5-14(3)20-15(4)23;1-9(13-10(2)14)3-4-11-5-7-12(15)8-6-11/h7-14H,5-6H2,1-4H3,(H,20,23);5-9,15H,3-4H2,1-2H3,(H,13,14). The first-order chi connectivity index (χ1) is 19.0. The van der Waals surface area contributed by atoms with Gasteiger partial charge in [-0.3, -0.25) is 9.59 Å². The van der Waals surface area contributed by atoms with Crippen molar-refractivity contribution in [3.63, 3.8) is 0 Å². The highest BCUT2D eigenvalue weighted by Crippen LogP contribution is 2.21. The normalized spacial score (nSPS) is 12.0. The fourth-order valence-electron chi connectivity index (χ4n) is 3.78.